The lowest BCUT2D eigenvalue weighted by molar-refractivity contribution is 0.102. The molecule has 2 aliphatic rings. The summed E-state index contributed by atoms with van der Waals surface area (Å²) in [5, 5.41) is 10.5. The highest BCUT2D eigenvalue weighted by Crippen LogP contribution is 2.34. The fourth-order valence-electron chi connectivity index (χ4n) is 3.88. The van der Waals surface area contributed by atoms with Gasteiger partial charge in [0.2, 0.25) is 0 Å². The Hall–Kier alpha value is -3.67. The molecule has 5 rings (SSSR count). The van der Waals surface area contributed by atoms with E-state index in [-0.39, 0.29) is 11.3 Å². The van der Waals surface area contributed by atoms with E-state index in [1.165, 1.54) is 5.70 Å². The van der Waals surface area contributed by atoms with Crippen molar-refractivity contribution in [3.8, 4) is 0 Å². The van der Waals surface area contributed by atoms with Gasteiger partial charge in [-0.05, 0) is 35.6 Å². The van der Waals surface area contributed by atoms with Gasteiger partial charge in [-0.15, -0.1) is 0 Å². The van der Waals surface area contributed by atoms with Gasteiger partial charge in [0.25, 0.3) is 5.91 Å². The molecule has 0 fully saturated rings. The van der Waals surface area contributed by atoms with E-state index in [4.69, 9.17) is 0 Å². The average molecular weight is 412 g/mol. The Labute approximate surface area is 181 Å². The summed E-state index contributed by atoms with van der Waals surface area (Å²) in [5.74, 6) is 0.854. The second-order valence-corrected chi connectivity index (χ2v) is 8.72. The molecule has 0 saturated carbocycles. The topological polar surface area (TPSA) is 81.2 Å². The maximum Gasteiger partial charge on any atom is 0.256 e. The number of aromatic nitrogens is 3. The number of allylic oxidation sites excluding steroid dienone is 5. The van der Waals surface area contributed by atoms with Gasteiger partial charge >= 0.3 is 0 Å². The maximum atomic E-state index is 12.9. The van der Waals surface area contributed by atoms with Crippen molar-refractivity contribution < 1.29 is 4.79 Å². The van der Waals surface area contributed by atoms with Crippen LogP contribution in [-0.4, -0.2) is 20.5 Å². The monoisotopic (exact) mass is 411 g/mol. The molecule has 1 aromatic carbocycles. The summed E-state index contributed by atoms with van der Waals surface area (Å²) in [6.45, 7) is 6.51. The number of fused-ring (bicyclic) bond motifs is 1. The van der Waals surface area contributed by atoms with Crippen LogP contribution in [0.1, 0.15) is 48.8 Å². The molecule has 0 bridgehead atoms. The van der Waals surface area contributed by atoms with Crippen LogP contribution in [0.2, 0.25) is 0 Å². The smallest absolute Gasteiger partial charge is 0.256 e. The number of anilines is 1. The fourth-order valence-corrected chi connectivity index (χ4v) is 3.88. The van der Waals surface area contributed by atoms with Gasteiger partial charge in [0.05, 0.1) is 11.9 Å². The third kappa shape index (κ3) is 3.65. The third-order valence-electron chi connectivity index (χ3n) is 6.04. The Balaban J connectivity index is 1.41. The first kappa shape index (κ1) is 19.3. The normalized spacial score (nSPS) is 17.7. The molecule has 1 atom stereocenters. The number of amides is 1. The van der Waals surface area contributed by atoms with E-state index in [1.54, 1.807) is 10.7 Å². The Morgan fingerprint density at radius 2 is 2.00 bits per heavy atom. The molecule has 0 saturated heterocycles. The zero-order valence-electron chi connectivity index (χ0n) is 17.9. The van der Waals surface area contributed by atoms with Crippen LogP contribution in [0.4, 0.5) is 5.82 Å². The summed E-state index contributed by atoms with van der Waals surface area (Å²) in [6, 6.07) is 11.5. The Kier molecular flexibility index (Phi) is 4.50. The van der Waals surface area contributed by atoms with Crippen molar-refractivity contribution in [2.24, 2.45) is 5.92 Å². The van der Waals surface area contributed by atoms with Gasteiger partial charge in [-0.1, -0.05) is 51.1 Å². The Morgan fingerprint density at radius 1 is 1.23 bits per heavy atom. The lowest BCUT2D eigenvalue weighted by atomic mass is 9.83. The summed E-state index contributed by atoms with van der Waals surface area (Å²) in [4.78, 5) is 17.5. The zero-order chi connectivity index (χ0) is 21.6. The van der Waals surface area contributed by atoms with Crippen molar-refractivity contribution in [3.63, 3.8) is 0 Å². The lowest BCUT2D eigenvalue weighted by Crippen LogP contribution is -2.19. The molecule has 3 heterocycles. The predicted octanol–water partition coefficient (Wildman–Crippen LogP) is 4.68. The predicted molar refractivity (Wildman–Crippen MR) is 123 cm³/mol. The molecule has 1 amide bonds. The molecule has 6 heteroatoms. The van der Waals surface area contributed by atoms with E-state index in [2.05, 4.69) is 59.7 Å². The van der Waals surface area contributed by atoms with Crippen molar-refractivity contribution in [1.29, 1.82) is 0 Å². The van der Waals surface area contributed by atoms with Crippen LogP contribution >= 0.6 is 0 Å². The van der Waals surface area contributed by atoms with Gasteiger partial charge in [-0.25, -0.2) is 9.50 Å². The third-order valence-corrected chi connectivity index (χ3v) is 6.04. The van der Waals surface area contributed by atoms with Crippen molar-refractivity contribution in [2.75, 3.05) is 5.32 Å². The second-order valence-electron chi connectivity index (χ2n) is 8.72. The molecular formula is C25H25N5O. The Bertz CT molecular complexity index is 1260. The molecule has 0 spiro atoms. The molecule has 1 aliphatic carbocycles. The van der Waals surface area contributed by atoms with Crippen molar-refractivity contribution in [3.05, 3.63) is 89.5 Å². The molecule has 0 radical (unpaired) electrons. The standard InChI is InChI=1S/C25H25N5O/c1-16-4-6-17(7-5-16)20-14-22(28-23-12-13-27-30(20)23)29-24(31)18-8-10-19(11-9-18)25(2,3)21-15-26-21/h4,6-16,26H,5H2,1-3H3,(H,28,29,31). The van der Waals surface area contributed by atoms with Crippen LogP contribution < -0.4 is 10.6 Å². The zero-order valence-corrected chi connectivity index (χ0v) is 17.9. The van der Waals surface area contributed by atoms with Crippen LogP contribution in [0, 0.1) is 5.92 Å². The van der Waals surface area contributed by atoms with Crippen LogP contribution in [0.25, 0.3) is 11.2 Å². The Morgan fingerprint density at radius 3 is 2.68 bits per heavy atom. The number of carbonyl (C=O) groups is 1. The van der Waals surface area contributed by atoms with Gasteiger partial charge in [0.15, 0.2) is 5.65 Å². The van der Waals surface area contributed by atoms with Crippen molar-refractivity contribution in [2.45, 2.75) is 32.6 Å². The minimum Gasteiger partial charge on any atom is -0.362 e. The van der Waals surface area contributed by atoms with Gasteiger partial charge in [0, 0.05) is 35.0 Å². The minimum atomic E-state index is -0.183. The van der Waals surface area contributed by atoms with Crippen LogP contribution in [-0.2, 0) is 5.41 Å². The fraction of sp³-hybridized carbons (Fsp3) is 0.240. The molecular weight excluding hydrogens is 386 g/mol. The summed E-state index contributed by atoms with van der Waals surface area (Å²) in [7, 11) is 0. The molecule has 31 heavy (non-hydrogen) atoms. The summed E-state index contributed by atoms with van der Waals surface area (Å²) >= 11 is 0. The number of nitrogens with zero attached hydrogens (tertiary/aromatic N) is 3. The number of hydrogen-bond donors (Lipinski definition) is 2. The molecule has 3 aromatic rings. The van der Waals surface area contributed by atoms with Gasteiger partial charge in [0.1, 0.15) is 5.82 Å². The molecule has 156 valence electrons. The van der Waals surface area contributed by atoms with Gasteiger partial charge in [-0.3, -0.25) is 4.79 Å². The maximum absolute atomic E-state index is 12.9. The van der Waals surface area contributed by atoms with E-state index in [0.717, 1.165) is 23.3 Å². The van der Waals surface area contributed by atoms with Gasteiger partial charge in [-0.2, -0.15) is 5.10 Å². The van der Waals surface area contributed by atoms with Gasteiger partial charge < -0.3 is 10.6 Å². The number of hydrogen-bond acceptors (Lipinski definition) is 4. The SMILES string of the molecule is CC1C=CC(c2cc(NC(=O)c3ccc(C(C)(C)C4=CN4)cc3)nc3ccnn23)=CC1. The average Bonchev–Trinajstić information content (AvgIpc) is 3.53. The number of rotatable bonds is 5. The highest BCUT2D eigenvalue weighted by molar-refractivity contribution is 6.04. The quantitative estimate of drug-likeness (QED) is 0.639. The van der Waals surface area contributed by atoms with E-state index in [9.17, 15) is 4.79 Å². The molecule has 6 nitrogen and oxygen atoms in total. The van der Waals surface area contributed by atoms with Crippen molar-refractivity contribution in [1.82, 2.24) is 19.9 Å². The first-order chi connectivity index (χ1) is 14.9. The first-order valence-electron chi connectivity index (χ1n) is 10.5. The second kappa shape index (κ2) is 7.23. The van der Waals surface area contributed by atoms with E-state index in [1.807, 2.05) is 42.6 Å². The number of benzene rings is 1. The first-order valence-corrected chi connectivity index (χ1v) is 10.5. The number of carbonyl (C=O) groups excluding carboxylic acids is 1. The van der Waals surface area contributed by atoms with E-state index >= 15 is 0 Å². The van der Waals surface area contributed by atoms with Crippen molar-refractivity contribution >= 4 is 22.9 Å². The summed E-state index contributed by atoms with van der Waals surface area (Å²) in [5.41, 5.74) is 5.57. The highest BCUT2D eigenvalue weighted by Gasteiger charge is 2.30. The molecule has 1 unspecified atom stereocenters. The van der Waals surface area contributed by atoms with E-state index < -0.39 is 0 Å². The van der Waals surface area contributed by atoms with E-state index in [0.29, 0.717) is 22.9 Å². The molecule has 1 aliphatic heterocycles. The summed E-state index contributed by atoms with van der Waals surface area (Å²) in [6.07, 6.45) is 11.2. The molecule has 2 aromatic heterocycles. The lowest BCUT2D eigenvalue weighted by Gasteiger charge is -2.21. The molecule has 2 N–H and O–H groups in total. The summed E-state index contributed by atoms with van der Waals surface area (Å²) < 4.78 is 1.80. The largest absolute Gasteiger partial charge is 0.362 e. The minimum absolute atomic E-state index is 0.0861. The van der Waals surface area contributed by atoms with Crippen LogP contribution in [0.3, 0.4) is 0 Å². The van der Waals surface area contributed by atoms with Crippen LogP contribution in [0.5, 0.6) is 0 Å². The number of nitrogens with one attached hydrogen (secondary N) is 2. The van der Waals surface area contributed by atoms with Crippen LogP contribution in [0.15, 0.2) is 72.7 Å². The highest BCUT2D eigenvalue weighted by atomic mass is 16.1.